The number of aryl methyl sites for hydroxylation is 5. The summed E-state index contributed by atoms with van der Waals surface area (Å²) in [4.78, 5) is 130. The van der Waals surface area contributed by atoms with Crippen molar-refractivity contribution in [3.63, 3.8) is 0 Å². The van der Waals surface area contributed by atoms with Gasteiger partial charge in [-0.15, -0.1) is 0 Å². The van der Waals surface area contributed by atoms with Gasteiger partial charge in [0.05, 0.1) is 83.1 Å². The van der Waals surface area contributed by atoms with Crippen molar-refractivity contribution < 1.29 is 114 Å². The van der Waals surface area contributed by atoms with Crippen LogP contribution >= 0.6 is 0 Å². The number of carbonyl (C=O) groups excluding carboxylic acids is 5. The van der Waals surface area contributed by atoms with Gasteiger partial charge in [0.1, 0.15) is 109 Å². The molecule has 5 N–H and O–H groups in total. The third-order valence-corrected chi connectivity index (χ3v) is 16.5. The van der Waals surface area contributed by atoms with Gasteiger partial charge in [-0.25, -0.2) is 82.7 Å². The van der Waals surface area contributed by atoms with Gasteiger partial charge in [-0.3, -0.25) is 24.0 Å². The fourth-order valence-electron chi connectivity index (χ4n) is 11.0. The minimum Gasteiger partial charge on any atom is -0.354 e. The Morgan fingerprint density at radius 1 is 0.383 bits per heavy atom. The fraction of sp³-hybridized carbons (Fsp3) is 0.529. The number of rotatable bonds is 15. The second-order valence-corrected chi connectivity index (χ2v) is 24.6. The Morgan fingerprint density at radius 2 is 0.633 bits per heavy atom. The molecule has 35 heteroatoms. The van der Waals surface area contributed by atoms with E-state index in [2.05, 4.69) is 99.0 Å². The molecular formula is C85H110N30O5. The molecule has 0 unspecified atom stereocenters. The largest absolute Gasteiger partial charge is 0.354 e. The van der Waals surface area contributed by atoms with Gasteiger partial charge < -0.3 is 98.1 Å². The zero-order valence-electron chi connectivity index (χ0n) is 130. The first-order chi connectivity index (χ1) is 82.9. The van der Waals surface area contributed by atoms with Gasteiger partial charge in [0.25, 0.3) is 32.5 Å². The van der Waals surface area contributed by atoms with Gasteiger partial charge in [-0.1, -0.05) is 34.4 Å². The highest BCUT2D eigenvalue weighted by Gasteiger charge is 2.39. The van der Waals surface area contributed by atoms with E-state index in [1.54, 1.807) is 0 Å². The van der Waals surface area contributed by atoms with Crippen molar-refractivity contribution in [2.75, 3.05) is 157 Å². The summed E-state index contributed by atoms with van der Waals surface area (Å²) in [6, 6.07) is -17.4. The molecule has 15 rings (SSSR count). The normalized spacial score (nSPS) is 40.4. The predicted octanol–water partition coefficient (Wildman–Crippen LogP) is 9.29. The average Bonchev–Trinajstić information content (AvgIpc) is 0.705. The van der Waals surface area contributed by atoms with Crippen molar-refractivity contribution in [2.24, 2.45) is 29.5 Å². The number of hydrogen-bond acceptors (Lipinski definition) is 20. The van der Waals surface area contributed by atoms with Crippen LogP contribution in [-0.2, 0) is 24.0 Å². The van der Waals surface area contributed by atoms with Crippen molar-refractivity contribution in [2.45, 2.75) is 131 Å². The van der Waals surface area contributed by atoms with E-state index < -0.39 is 313 Å². The first kappa shape index (κ1) is 35.8. The third-order valence-electron chi connectivity index (χ3n) is 16.5. The van der Waals surface area contributed by atoms with Crippen LogP contribution in [0.1, 0.15) is 185 Å². The Bertz CT molecular complexity index is 8990. The van der Waals surface area contributed by atoms with Crippen molar-refractivity contribution in [1.29, 1.82) is 0 Å². The summed E-state index contributed by atoms with van der Waals surface area (Å²) in [6.07, 6.45) is -21.8. The van der Waals surface area contributed by atoms with Crippen LogP contribution in [0.15, 0.2) is 61.7 Å². The number of likely N-dealkylation sites (tertiary alicyclic amines) is 5. The lowest BCUT2D eigenvalue weighted by Gasteiger charge is -2.41. The van der Waals surface area contributed by atoms with Crippen LogP contribution in [0.2, 0.25) is 0 Å². The first-order valence-corrected chi connectivity index (χ1v) is 33.9. The number of anilines is 5. The van der Waals surface area contributed by atoms with E-state index in [4.69, 9.17) is 118 Å². The zero-order valence-corrected chi connectivity index (χ0v) is 64.5. The topological polar surface area (TPSA) is 347 Å². The molecule has 630 valence electrons. The summed E-state index contributed by atoms with van der Waals surface area (Å²) < 4.78 is 548. The number of aromatic nitrogens is 15. The number of carbonyl (C=O) groups is 5. The molecule has 0 spiro atoms. The third kappa shape index (κ3) is 20.2. The van der Waals surface area contributed by atoms with E-state index in [-0.39, 0.29) is 119 Å². The van der Waals surface area contributed by atoms with Gasteiger partial charge >= 0.3 is 29.5 Å². The molecule has 0 saturated carbocycles. The minimum atomic E-state index is -4.14. The smallest absolute Gasteiger partial charge is 0.302 e. The highest BCUT2D eigenvalue weighted by Crippen LogP contribution is 2.36. The number of amides is 5. The second kappa shape index (κ2) is 39.4. The molecule has 5 fully saturated rings. The summed E-state index contributed by atoms with van der Waals surface area (Å²) in [5, 5.41) is -0.763. The molecule has 0 bridgehead atoms. The number of nitrogens with one attached hydrogen (secondary N) is 5. The standard InChI is InChI=1S/5C17H22N6O/c5*1-11-5-6-23(15(24)8-18-3)9-14(11)22(4)17-13-7-12(2)21-16(13)19-10-20-17/h5*7,10-11,14H,5-6,8-9H2,1-2,4H3,(H,19,20,21)/t5*11-,14+/m11111/s1/i1D3,5D2,6D2,7D,8D2,9D2,10D,11D,14D;5D2,6D2,7D,8D2,9D2,10D,11D,14D;1D3,5D2,6D2,7D,8D2,9D2,10D,14D;1D3,5D2,6D2,7D,8D2,9D2,10D,11D;5D2,6D2,7D,8D2,9D2,10D,14D. The minimum absolute atomic E-state index is 0.0147. The number of hydrogen-bond donors (Lipinski definition) is 5. The maximum atomic E-state index is 13.1. The van der Waals surface area contributed by atoms with Crippen LogP contribution < -0.4 is 24.5 Å². The van der Waals surface area contributed by atoms with Crippen molar-refractivity contribution >= 4 is 114 Å². The zero-order chi connectivity index (χ0) is 145. The maximum absolute atomic E-state index is 13.1. The molecule has 0 radical (unpaired) electrons. The lowest BCUT2D eigenvalue weighted by atomic mass is 9.92. The van der Waals surface area contributed by atoms with Crippen LogP contribution in [0, 0.1) is 97.0 Å². The highest BCUT2D eigenvalue weighted by molar-refractivity contribution is 5.92. The Kier molecular flexibility index (Phi) is 11.8. The Morgan fingerprint density at radius 3 is 0.942 bits per heavy atom. The summed E-state index contributed by atoms with van der Waals surface area (Å²) >= 11 is 0. The van der Waals surface area contributed by atoms with Gasteiger partial charge in [0, 0.05) is 173 Å². The fourth-order valence-corrected chi connectivity index (χ4v) is 11.0. The molecule has 0 aliphatic carbocycles. The van der Waals surface area contributed by atoms with Gasteiger partial charge in [-0.2, -0.15) is 0 Å². The Labute approximate surface area is 793 Å². The highest BCUT2D eigenvalue weighted by atomic mass is 16.2. The molecule has 120 heavy (non-hydrogen) atoms. The number of likely N-dealkylation sites (N-methyl/N-ethyl adjacent to an activating group) is 5. The van der Waals surface area contributed by atoms with Crippen LogP contribution in [0.5, 0.6) is 0 Å². The molecule has 5 aliphatic heterocycles. The number of H-pyrrole nitrogens is 5. The molecule has 5 saturated heterocycles. The van der Waals surface area contributed by atoms with Crippen molar-refractivity contribution in [1.82, 2.24) is 99.3 Å². The monoisotopic (exact) mass is 1700 g/mol. The number of nitrogens with zero attached hydrogens (tertiary/aromatic N) is 25. The van der Waals surface area contributed by atoms with Crippen LogP contribution in [0.3, 0.4) is 0 Å². The van der Waals surface area contributed by atoms with E-state index in [1.807, 2.05) is 0 Å². The second-order valence-electron chi connectivity index (χ2n) is 24.6. The van der Waals surface area contributed by atoms with E-state index in [0.717, 1.165) is 54.0 Å². The molecule has 15 heterocycles. The molecule has 5 aliphatic rings. The number of fused-ring (bicyclic) bond motifs is 5. The average molecular weight is 1700 g/mol. The summed E-state index contributed by atoms with van der Waals surface area (Å²) in [6.45, 7) is -23.0. The summed E-state index contributed by atoms with van der Waals surface area (Å²) in [5.74, 6) is -28.7. The molecule has 35 nitrogen and oxygen atoms in total. The Hall–Kier alpha value is -13.1. The molecule has 5 amide bonds. The van der Waals surface area contributed by atoms with Crippen LogP contribution in [0.25, 0.3) is 79.4 Å². The van der Waals surface area contributed by atoms with E-state index in [1.165, 1.54) is 34.6 Å². The van der Waals surface area contributed by atoms with E-state index in [0.29, 0.717) is 25.3 Å². The lowest BCUT2D eigenvalue weighted by molar-refractivity contribution is -0.131. The molecule has 10 aromatic rings. The van der Waals surface area contributed by atoms with Crippen LogP contribution in [-0.4, -0.2) is 292 Å². The van der Waals surface area contributed by atoms with Gasteiger partial charge in [0.15, 0.2) is 0 Å². The lowest BCUT2D eigenvalue weighted by Crippen LogP contribution is -2.53. The molecular weight excluding hydrogens is 1520 g/mol. The number of aromatic amines is 5. The summed E-state index contributed by atoms with van der Waals surface area (Å²) in [5.41, 5.74) is 0.783. The van der Waals surface area contributed by atoms with Gasteiger partial charge in [0.2, 0.25) is 0 Å². The Balaban J connectivity index is 0.000000215. The van der Waals surface area contributed by atoms with E-state index in [9.17, 15) is 29.5 Å². The first-order valence-electron chi connectivity index (χ1n) is 66.9. The van der Waals surface area contributed by atoms with Crippen LogP contribution in [0.4, 0.5) is 29.1 Å². The molecule has 10 atom stereocenters. The summed E-state index contributed by atoms with van der Waals surface area (Å²) in [7, 11) is 4.77. The maximum Gasteiger partial charge on any atom is 0.302 e. The molecule has 0 aromatic carbocycles. The van der Waals surface area contributed by atoms with Crippen molar-refractivity contribution in [3.8, 4) is 0 Å². The van der Waals surface area contributed by atoms with Gasteiger partial charge in [-0.05, 0) is 126 Å². The molecule has 10 aromatic heterocycles. The predicted molar refractivity (Wildman–Crippen MR) is 463 cm³/mol. The quantitative estimate of drug-likeness (QED) is 0.0597. The SMILES string of the molecule is [2H]c1nc(N(C)[C@@]2([2H])C([2H])([2H])N(C(=O)C([2H])([2H])[N+]#[C-])C([2H])([2H])C([2H])([2H])[C@@]2([2H])C([2H])([2H])[2H])c2c([2H])c(C)[nH]c2n1.[2H]c1nc(N(C)[C@@]2([2H])C([2H])([2H])N(C(=O)C([2H])([2H])[N+]#[C-])C([2H])([2H])C([2H])([2H])[C@@]2([2H])C)c2c([2H])c(C)[nH]c2n1.[2H]c1nc(N(C)[C@H]2C([2H])([2H])N(C(=O)C([2H])([2H])[N+]#[C-])C([2H])([2H])C([2H])([2H])[C@@]2([2H])C([2H])([2H])[2H])c2c([2H])c(C)[nH]c2n1.[2H]c1nc(N(C)[C@]2([2H])[C@H](C([2H])([2H])[2H])C([2H])([2H])C([2H])([2H])N(C(=O)C([2H])([2H])[N+]#[C-])C2([2H])[2H])c2c([2H])c(C)[nH]c2n1.[2H]c1nc(N(C)[C@]2([2H])[C@H](C)C([2H])([2H])C([2H])([2H])N(C(=O)C([2H])([2H])[N+]#[C-])C2([2H])[2H])c2c([2H])c(C)[nH]c2n1. The van der Waals surface area contributed by atoms with Crippen molar-refractivity contribution in [3.05, 3.63) is 147 Å². The number of piperidine rings is 5. The van der Waals surface area contributed by atoms with E-state index >= 15 is 0 Å².